The first kappa shape index (κ1) is 24.0. The molecule has 1 heterocycles. The summed E-state index contributed by atoms with van der Waals surface area (Å²) >= 11 is 12.2. The van der Waals surface area contributed by atoms with Gasteiger partial charge in [0.05, 0.1) is 23.9 Å². The highest BCUT2D eigenvalue weighted by atomic mass is 35.5. The van der Waals surface area contributed by atoms with Crippen molar-refractivity contribution in [3.63, 3.8) is 0 Å². The Hall–Kier alpha value is -3.69. The second-order valence-electron chi connectivity index (χ2n) is 6.42. The Morgan fingerprint density at radius 2 is 1.94 bits per heavy atom. The third-order valence-corrected chi connectivity index (χ3v) is 4.69. The first-order chi connectivity index (χ1) is 15.9. The van der Waals surface area contributed by atoms with Gasteiger partial charge in [-0.1, -0.05) is 23.2 Å². The maximum atomic E-state index is 13.0. The van der Waals surface area contributed by atoms with Crippen LogP contribution < -0.4 is 20.2 Å². The van der Waals surface area contributed by atoms with Crippen LogP contribution in [0.2, 0.25) is 10.2 Å². The number of hydrogen-bond acceptors (Lipinski definition) is 6. The molecule has 0 saturated carbocycles. The number of ether oxygens (including phenoxy) is 2. The highest BCUT2D eigenvalue weighted by molar-refractivity contribution is 6.33. The summed E-state index contributed by atoms with van der Waals surface area (Å²) in [4.78, 5) is 28.1. The number of halogens is 3. The molecule has 0 aliphatic heterocycles. The van der Waals surface area contributed by atoms with Gasteiger partial charge >= 0.3 is 0 Å². The van der Waals surface area contributed by atoms with E-state index in [4.69, 9.17) is 32.7 Å². The van der Waals surface area contributed by atoms with E-state index in [1.165, 1.54) is 55.9 Å². The Balaban J connectivity index is 1.63. The first-order valence-corrected chi connectivity index (χ1v) is 10.1. The summed E-state index contributed by atoms with van der Waals surface area (Å²) in [5.74, 6) is -1.02. The second-order valence-corrected chi connectivity index (χ2v) is 7.18. The highest BCUT2D eigenvalue weighted by Gasteiger charge is 2.14. The van der Waals surface area contributed by atoms with E-state index in [0.29, 0.717) is 11.3 Å². The molecule has 0 saturated heterocycles. The number of amides is 2. The van der Waals surface area contributed by atoms with Gasteiger partial charge in [0.15, 0.2) is 18.1 Å². The number of aromatic nitrogens is 1. The summed E-state index contributed by atoms with van der Waals surface area (Å²) in [6.07, 6.45) is 2.81. The van der Waals surface area contributed by atoms with Gasteiger partial charge in [0, 0.05) is 11.9 Å². The molecule has 11 heteroatoms. The van der Waals surface area contributed by atoms with Crippen molar-refractivity contribution in [3.8, 4) is 11.5 Å². The maximum Gasteiger partial charge on any atom is 0.274 e. The van der Waals surface area contributed by atoms with Crippen molar-refractivity contribution >= 4 is 46.9 Å². The molecule has 2 aromatic carbocycles. The molecule has 3 rings (SSSR count). The van der Waals surface area contributed by atoms with Crippen LogP contribution in [-0.2, 0) is 4.79 Å². The normalized spacial score (nSPS) is 10.7. The SMILES string of the molecule is COc1cc(C=NNC(=O)c2cccnc2Cl)cc(Cl)c1OCC(=O)Nc1ccc(F)cc1. The molecular weight excluding hydrogens is 474 g/mol. The summed E-state index contributed by atoms with van der Waals surface area (Å²) in [5, 5.41) is 6.66. The van der Waals surface area contributed by atoms with E-state index in [1.54, 1.807) is 12.1 Å². The molecule has 0 aliphatic carbocycles. The lowest BCUT2D eigenvalue weighted by molar-refractivity contribution is -0.118. The topological polar surface area (TPSA) is 102 Å². The molecule has 0 atom stereocenters. The Kier molecular flexibility index (Phi) is 8.17. The van der Waals surface area contributed by atoms with E-state index in [1.807, 2.05) is 0 Å². The molecule has 0 bridgehead atoms. The van der Waals surface area contributed by atoms with Crippen molar-refractivity contribution in [3.05, 3.63) is 81.8 Å². The van der Waals surface area contributed by atoms with Crippen LogP contribution in [0.1, 0.15) is 15.9 Å². The fourth-order valence-corrected chi connectivity index (χ4v) is 3.08. The number of rotatable bonds is 8. The van der Waals surface area contributed by atoms with Crippen LogP contribution in [0.25, 0.3) is 0 Å². The molecule has 0 aliphatic rings. The lowest BCUT2D eigenvalue weighted by Gasteiger charge is -2.13. The molecule has 33 heavy (non-hydrogen) atoms. The number of carbonyl (C=O) groups excluding carboxylic acids is 2. The van der Waals surface area contributed by atoms with Crippen molar-refractivity contribution in [1.29, 1.82) is 0 Å². The van der Waals surface area contributed by atoms with Gasteiger partial charge in [0.1, 0.15) is 11.0 Å². The molecule has 0 unspecified atom stereocenters. The van der Waals surface area contributed by atoms with Crippen LogP contribution in [0.5, 0.6) is 11.5 Å². The third kappa shape index (κ3) is 6.64. The van der Waals surface area contributed by atoms with Crippen molar-refractivity contribution in [2.45, 2.75) is 0 Å². The quantitative estimate of drug-likeness (QED) is 0.278. The zero-order chi connectivity index (χ0) is 23.8. The van der Waals surface area contributed by atoms with E-state index in [2.05, 4.69) is 20.8 Å². The molecule has 170 valence electrons. The van der Waals surface area contributed by atoms with E-state index >= 15 is 0 Å². The van der Waals surface area contributed by atoms with Gasteiger partial charge < -0.3 is 14.8 Å². The number of hydrazone groups is 1. The molecule has 8 nitrogen and oxygen atoms in total. The lowest BCUT2D eigenvalue weighted by Crippen LogP contribution is -2.20. The van der Waals surface area contributed by atoms with Crippen LogP contribution in [-0.4, -0.2) is 36.7 Å². The molecule has 0 spiro atoms. The number of nitrogens with zero attached hydrogens (tertiary/aromatic N) is 2. The molecule has 3 aromatic rings. The second kappa shape index (κ2) is 11.3. The Labute approximate surface area is 198 Å². The minimum Gasteiger partial charge on any atom is -0.493 e. The van der Waals surface area contributed by atoms with Gasteiger partial charge in [-0.15, -0.1) is 0 Å². The van der Waals surface area contributed by atoms with Gasteiger partial charge in [0.2, 0.25) is 0 Å². The summed E-state index contributed by atoms with van der Waals surface area (Å²) < 4.78 is 23.8. The first-order valence-electron chi connectivity index (χ1n) is 9.37. The van der Waals surface area contributed by atoms with E-state index in [-0.39, 0.29) is 33.8 Å². The molecular formula is C22H17Cl2FN4O4. The van der Waals surface area contributed by atoms with Crippen molar-refractivity contribution in [1.82, 2.24) is 10.4 Å². The van der Waals surface area contributed by atoms with Crippen molar-refractivity contribution in [2.24, 2.45) is 5.10 Å². The van der Waals surface area contributed by atoms with Gasteiger partial charge in [-0.3, -0.25) is 9.59 Å². The monoisotopic (exact) mass is 490 g/mol. The minimum absolute atomic E-state index is 0.0554. The van der Waals surface area contributed by atoms with Gasteiger partial charge in [0.25, 0.3) is 11.8 Å². The molecule has 2 N–H and O–H groups in total. The number of methoxy groups -OCH3 is 1. The predicted molar refractivity (Wildman–Crippen MR) is 123 cm³/mol. The summed E-state index contributed by atoms with van der Waals surface area (Å²) in [5.41, 5.74) is 3.43. The Morgan fingerprint density at radius 3 is 2.64 bits per heavy atom. The average molecular weight is 491 g/mol. The standard InChI is InChI=1S/C22H17Cl2FN4O4/c1-32-18-10-13(11-27-29-22(31)16-3-2-8-26-21(16)24)9-17(23)20(18)33-12-19(30)28-15-6-4-14(25)5-7-15/h2-11H,12H2,1H3,(H,28,30)(H,29,31). The fraction of sp³-hybridized carbons (Fsp3) is 0.0909. The number of nitrogens with one attached hydrogen (secondary N) is 2. The smallest absolute Gasteiger partial charge is 0.274 e. The van der Waals surface area contributed by atoms with Crippen molar-refractivity contribution < 1.29 is 23.5 Å². The van der Waals surface area contributed by atoms with Gasteiger partial charge in [-0.2, -0.15) is 5.10 Å². The van der Waals surface area contributed by atoms with Crippen molar-refractivity contribution in [2.75, 3.05) is 19.0 Å². The van der Waals surface area contributed by atoms with E-state index < -0.39 is 17.6 Å². The minimum atomic E-state index is -0.533. The molecule has 1 aromatic heterocycles. The fourth-order valence-electron chi connectivity index (χ4n) is 2.60. The highest BCUT2D eigenvalue weighted by Crippen LogP contribution is 2.36. The summed E-state index contributed by atoms with van der Waals surface area (Å²) in [7, 11) is 1.41. The van der Waals surface area contributed by atoms with Crippen LogP contribution in [0, 0.1) is 5.82 Å². The largest absolute Gasteiger partial charge is 0.493 e. The lowest BCUT2D eigenvalue weighted by atomic mass is 10.2. The predicted octanol–water partition coefficient (Wildman–Crippen LogP) is 4.32. The van der Waals surface area contributed by atoms with E-state index in [0.717, 1.165) is 0 Å². The van der Waals surface area contributed by atoms with Crippen LogP contribution >= 0.6 is 23.2 Å². The molecule has 0 fully saturated rings. The Bertz CT molecular complexity index is 1190. The van der Waals surface area contributed by atoms with Crippen LogP contribution in [0.3, 0.4) is 0 Å². The number of hydrogen-bond donors (Lipinski definition) is 2. The number of pyridine rings is 1. The molecule has 2 amide bonds. The summed E-state index contributed by atoms with van der Waals surface area (Å²) in [6.45, 7) is -0.358. The average Bonchev–Trinajstić information content (AvgIpc) is 2.79. The number of benzene rings is 2. The Morgan fingerprint density at radius 1 is 1.18 bits per heavy atom. The zero-order valence-corrected chi connectivity index (χ0v) is 18.7. The number of carbonyl (C=O) groups is 2. The summed E-state index contributed by atoms with van der Waals surface area (Å²) in [6, 6.07) is 11.5. The van der Waals surface area contributed by atoms with Gasteiger partial charge in [-0.05, 0) is 54.1 Å². The zero-order valence-electron chi connectivity index (χ0n) is 17.1. The maximum absolute atomic E-state index is 13.0. The third-order valence-electron chi connectivity index (χ3n) is 4.11. The van der Waals surface area contributed by atoms with Crippen LogP contribution in [0.4, 0.5) is 10.1 Å². The molecule has 0 radical (unpaired) electrons. The van der Waals surface area contributed by atoms with E-state index in [9.17, 15) is 14.0 Å². The van der Waals surface area contributed by atoms with Crippen LogP contribution in [0.15, 0.2) is 59.8 Å². The van der Waals surface area contributed by atoms with Gasteiger partial charge in [-0.25, -0.2) is 14.8 Å². The number of anilines is 1.